The summed E-state index contributed by atoms with van der Waals surface area (Å²) >= 11 is 0. The summed E-state index contributed by atoms with van der Waals surface area (Å²) in [4.78, 5) is 0. The molecule has 1 aromatic rings. The van der Waals surface area contributed by atoms with Gasteiger partial charge in [0.05, 0.1) is 0 Å². The minimum Gasteiger partial charge on any atom is -0.435 e. The van der Waals surface area contributed by atoms with Crippen molar-refractivity contribution in [2.75, 3.05) is 18.4 Å². The standard InChI is InChI=1S/C12H16F2N2O/c13-12(14)17-11-5-1-3-9(7-11)16-10-4-2-6-15-8-10/h1,3,5,7,10,12,15-16H,2,4,6,8H2. The monoisotopic (exact) mass is 242 g/mol. The van der Waals surface area contributed by atoms with E-state index in [9.17, 15) is 8.78 Å². The third-order valence-electron chi connectivity index (χ3n) is 2.73. The first-order chi connectivity index (χ1) is 8.24. The van der Waals surface area contributed by atoms with Crippen LogP contribution in [0, 0.1) is 0 Å². The summed E-state index contributed by atoms with van der Waals surface area (Å²) < 4.78 is 28.5. The zero-order chi connectivity index (χ0) is 12.1. The first-order valence-corrected chi connectivity index (χ1v) is 5.76. The molecule has 1 saturated heterocycles. The van der Waals surface area contributed by atoms with Gasteiger partial charge in [-0.3, -0.25) is 0 Å². The zero-order valence-electron chi connectivity index (χ0n) is 9.46. The molecule has 0 bridgehead atoms. The van der Waals surface area contributed by atoms with Gasteiger partial charge in [0.25, 0.3) is 0 Å². The van der Waals surface area contributed by atoms with Gasteiger partial charge in [-0.2, -0.15) is 8.78 Å². The van der Waals surface area contributed by atoms with E-state index in [0.29, 0.717) is 6.04 Å². The molecule has 1 unspecified atom stereocenters. The second-order valence-electron chi connectivity index (χ2n) is 4.09. The SMILES string of the molecule is FC(F)Oc1cccc(NC2CCCNC2)c1. The second-order valence-corrected chi connectivity index (χ2v) is 4.09. The summed E-state index contributed by atoms with van der Waals surface area (Å²) in [5.74, 6) is 0.189. The highest BCUT2D eigenvalue weighted by atomic mass is 19.3. The van der Waals surface area contributed by atoms with Crippen LogP contribution in [-0.4, -0.2) is 25.7 Å². The van der Waals surface area contributed by atoms with E-state index in [1.54, 1.807) is 12.1 Å². The molecule has 0 radical (unpaired) electrons. The lowest BCUT2D eigenvalue weighted by atomic mass is 10.1. The summed E-state index contributed by atoms with van der Waals surface area (Å²) in [6.07, 6.45) is 2.22. The van der Waals surface area contributed by atoms with E-state index in [4.69, 9.17) is 0 Å². The van der Waals surface area contributed by atoms with Crippen LogP contribution < -0.4 is 15.4 Å². The molecule has 1 aliphatic heterocycles. The predicted octanol–water partition coefficient (Wildman–Crippen LogP) is 2.45. The lowest BCUT2D eigenvalue weighted by molar-refractivity contribution is -0.0498. The number of alkyl halides is 2. The number of hydrogen-bond acceptors (Lipinski definition) is 3. The van der Waals surface area contributed by atoms with Gasteiger partial charge in [0.15, 0.2) is 0 Å². The van der Waals surface area contributed by atoms with Crippen molar-refractivity contribution in [3.05, 3.63) is 24.3 Å². The number of benzene rings is 1. The van der Waals surface area contributed by atoms with E-state index in [1.165, 1.54) is 6.07 Å². The van der Waals surface area contributed by atoms with Gasteiger partial charge in [0.1, 0.15) is 5.75 Å². The number of ether oxygens (including phenoxy) is 1. The van der Waals surface area contributed by atoms with Gasteiger partial charge in [0.2, 0.25) is 0 Å². The molecule has 94 valence electrons. The van der Waals surface area contributed by atoms with Gasteiger partial charge < -0.3 is 15.4 Å². The quantitative estimate of drug-likeness (QED) is 0.850. The Kier molecular flexibility index (Phi) is 4.14. The van der Waals surface area contributed by atoms with Gasteiger partial charge in [-0.25, -0.2) is 0 Å². The predicted molar refractivity (Wildman–Crippen MR) is 62.6 cm³/mol. The number of rotatable bonds is 4. The molecule has 0 amide bonds. The van der Waals surface area contributed by atoms with E-state index >= 15 is 0 Å². The Balaban J connectivity index is 1.95. The highest BCUT2D eigenvalue weighted by Crippen LogP contribution is 2.20. The first kappa shape index (κ1) is 12.1. The average Bonchev–Trinajstić information content (AvgIpc) is 2.30. The van der Waals surface area contributed by atoms with Gasteiger partial charge >= 0.3 is 6.61 Å². The van der Waals surface area contributed by atoms with Crippen LogP contribution in [-0.2, 0) is 0 Å². The molecule has 0 aliphatic carbocycles. The highest BCUT2D eigenvalue weighted by molar-refractivity contribution is 5.49. The summed E-state index contributed by atoms with van der Waals surface area (Å²) in [5.41, 5.74) is 0.817. The smallest absolute Gasteiger partial charge is 0.387 e. The van der Waals surface area contributed by atoms with Gasteiger partial charge in [0, 0.05) is 24.3 Å². The van der Waals surface area contributed by atoms with E-state index in [-0.39, 0.29) is 5.75 Å². The maximum absolute atomic E-state index is 12.1. The van der Waals surface area contributed by atoms with E-state index < -0.39 is 6.61 Å². The normalized spacial score (nSPS) is 20.3. The average molecular weight is 242 g/mol. The van der Waals surface area contributed by atoms with Crippen molar-refractivity contribution in [2.24, 2.45) is 0 Å². The fourth-order valence-corrected chi connectivity index (χ4v) is 1.97. The Morgan fingerprint density at radius 2 is 2.29 bits per heavy atom. The number of halogens is 2. The number of anilines is 1. The minimum absolute atomic E-state index is 0.189. The van der Waals surface area contributed by atoms with Crippen molar-refractivity contribution in [2.45, 2.75) is 25.5 Å². The Hall–Kier alpha value is -1.36. The van der Waals surface area contributed by atoms with E-state index in [0.717, 1.165) is 31.6 Å². The summed E-state index contributed by atoms with van der Waals surface area (Å²) in [6.45, 7) is -0.825. The number of nitrogens with one attached hydrogen (secondary N) is 2. The molecule has 2 rings (SSSR count). The van der Waals surface area contributed by atoms with Crippen molar-refractivity contribution < 1.29 is 13.5 Å². The molecule has 1 aliphatic rings. The number of piperidine rings is 1. The summed E-state index contributed by atoms with van der Waals surface area (Å²) in [5, 5.41) is 6.60. The molecular formula is C12H16F2N2O. The van der Waals surface area contributed by atoms with Crippen LogP contribution in [0.5, 0.6) is 5.75 Å². The second kappa shape index (κ2) is 5.82. The maximum atomic E-state index is 12.1. The third-order valence-corrected chi connectivity index (χ3v) is 2.73. The maximum Gasteiger partial charge on any atom is 0.387 e. The van der Waals surface area contributed by atoms with E-state index in [2.05, 4.69) is 15.4 Å². The van der Waals surface area contributed by atoms with Crippen molar-refractivity contribution >= 4 is 5.69 Å². The van der Waals surface area contributed by atoms with Crippen LogP contribution in [0.1, 0.15) is 12.8 Å². The fourth-order valence-electron chi connectivity index (χ4n) is 1.97. The molecule has 1 heterocycles. The summed E-state index contributed by atoms with van der Waals surface area (Å²) in [6, 6.07) is 7.03. The lowest BCUT2D eigenvalue weighted by Gasteiger charge is -2.24. The Morgan fingerprint density at radius 1 is 1.41 bits per heavy atom. The topological polar surface area (TPSA) is 33.3 Å². The van der Waals surface area contributed by atoms with E-state index in [1.807, 2.05) is 6.07 Å². The molecular weight excluding hydrogens is 226 g/mol. The van der Waals surface area contributed by atoms with Crippen molar-refractivity contribution in [1.29, 1.82) is 0 Å². The molecule has 1 aromatic carbocycles. The Morgan fingerprint density at radius 3 is 3.00 bits per heavy atom. The molecule has 2 N–H and O–H groups in total. The molecule has 3 nitrogen and oxygen atoms in total. The molecule has 17 heavy (non-hydrogen) atoms. The van der Waals surface area contributed by atoms with Crippen molar-refractivity contribution in [3.8, 4) is 5.75 Å². The minimum atomic E-state index is -2.78. The largest absolute Gasteiger partial charge is 0.435 e. The fraction of sp³-hybridized carbons (Fsp3) is 0.500. The van der Waals surface area contributed by atoms with Crippen LogP contribution in [0.25, 0.3) is 0 Å². The molecule has 5 heteroatoms. The highest BCUT2D eigenvalue weighted by Gasteiger charge is 2.12. The van der Waals surface area contributed by atoms with Crippen LogP contribution in [0.2, 0.25) is 0 Å². The molecule has 0 saturated carbocycles. The van der Waals surface area contributed by atoms with Crippen LogP contribution >= 0.6 is 0 Å². The molecule has 0 aromatic heterocycles. The van der Waals surface area contributed by atoms with Crippen molar-refractivity contribution in [3.63, 3.8) is 0 Å². The van der Waals surface area contributed by atoms with Crippen LogP contribution in [0.4, 0.5) is 14.5 Å². The molecule has 1 fully saturated rings. The van der Waals surface area contributed by atoms with Crippen LogP contribution in [0.15, 0.2) is 24.3 Å². The first-order valence-electron chi connectivity index (χ1n) is 5.76. The number of hydrogen-bond donors (Lipinski definition) is 2. The third kappa shape index (κ3) is 3.85. The molecule has 1 atom stereocenters. The Labute approximate surface area is 99.2 Å². The van der Waals surface area contributed by atoms with Gasteiger partial charge in [-0.05, 0) is 31.5 Å². The van der Waals surface area contributed by atoms with Crippen molar-refractivity contribution in [1.82, 2.24) is 5.32 Å². The van der Waals surface area contributed by atoms with Crippen LogP contribution in [0.3, 0.4) is 0 Å². The molecule has 0 spiro atoms. The summed E-state index contributed by atoms with van der Waals surface area (Å²) in [7, 11) is 0. The lowest BCUT2D eigenvalue weighted by Crippen LogP contribution is -2.38. The van der Waals surface area contributed by atoms with Gasteiger partial charge in [-0.1, -0.05) is 6.07 Å². The Bertz CT molecular complexity index is 354. The van der Waals surface area contributed by atoms with Gasteiger partial charge in [-0.15, -0.1) is 0 Å². The zero-order valence-corrected chi connectivity index (χ0v) is 9.46.